The molecule has 0 unspecified atom stereocenters. The van der Waals surface area contributed by atoms with Crippen molar-refractivity contribution in [2.75, 3.05) is 7.11 Å². The summed E-state index contributed by atoms with van der Waals surface area (Å²) in [5.74, 6) is 0.490. The third-order valence-corrected chi connectivity index (χ3v) is 3.20. The summed E-state index contributed by atoms with van der Waals surface area (Å²) in [6.45, 7) is 4.30. The predicted molar refractivity (Wildman–Crippen MR) is 78.5 cm³/mol. The van der Waals surface area contributed by atoms with Gasteiger partial charge in [0.1, 0.15) is 11.4 Å². The van der Waals surface area contributed by atoms with Gasteiger partial charge in [0.25, 0.3) is 11.5 Å². The summed E-state index contributed by atoms with van der Waals surface area (Å²) in [5.41, 5.74) is 2.89. The number of rotatable bonds is 4. The van der Waals surface area contributed by atoms with Crippen molar-refractivity contribution >= 4 is 5.91 Å². The maximum absolute atomic E-state index is 11.9. The minimum atomic E-state index is -0.340. The Morgan fingerprint density at radius 3 is 2.67 bits per heavy atom. The first-order valence-electron chi connectivity index (χ1n) is 6.49. The molecule has 0 saturated heterocycles. The van der Waals surface area contributed by atoms with Gasteiger partial charge in [-0.2, -0.15) is 5.10 Å². The Hall–Kier alpha value is -2.63. The molecule has 2 aromatic rings. The Balaban J connectivity index is 2.09. The highest BCUT2D eigenvalue weighted by molar-refractivity contribution is 5.91. The number of aryl methyl sites for hydroxylation is 2. The van der Waals surface area contributed by atoms with E-state index < -0.39 is 0 Å². The topological polar surface area (TPSA) is 84.1 Å². The van der Waals surface area contributed by atoms with E-state index in [0.29, 0.717) is 6.54 Å². The van der Waals surface area contributed by atoms with Crippen molar-refractivity contribution in [2.45, 2.75) is 20.4 Å². The van der Waals surface area contributed by atoms with Crippen LogP contribution in [0.3, 0.4) is 0 Å². The highest BCUT2D eigenvalue weighted by atomic mass is 16.5. The summed E-state index contributed by atoms with van der Waals surface area (Å²) in [6, 6.07) is 6.58. The summed E-state index contributed by atoms with van der Waals surface area (Å²) < 4.78 is 5.26. The van der Waals surface area contributed by atoms with E-state index in [-0.39, 0.29) is 17.2 Å². The fraction of sp³-hybridized carbons (Fsp3) is 0.267. The maximum atomic E-state index is 11.9. The molecule has 0 fully saturated rings. The Bertz CT molecular complexity index is 702. The van der Waals surface area contributed by atoms with Crippen molar-refractivity contribution in [3.05, 3.63) is 57.0 Å². The molecule has 0 aliphatic rings. The van der Waals surface area contributed by atoms with Crippen LogP contribution in [0.4, 0.5) is 0 Å². The van der Waals surface area contributed by atoms with E-state index in [1.165, 1.54) is 12.1 Å². The lowest BCUT2D eigenvalue weighted by atomic mass is 10.0. The standard InChI is InChI=1S/C15H17N3O3/c1-9-7-13(21-3)10(2)6-11(9)8-16-15(20)12-4-5-14(19)18-17-12/h4-7H,8H2,1-3H3,(H,16,20)(H,18,19). The summed E-state index contributed by atoms with van der Waals surface area (Å²) in [4.78, 5) is 22.8. The van der Waals surface area contributed by atoms with E-state index in [2.05, 4.69) is 15.5 Å². The van der Waals surface area contributed by atoms with Crippen molar-refractivity contribution in [1.82, 2.24) is 15.5 Å². The van der Waals surface area contributed by atoms with Gasteiger partial charge >= 0.3 is 0 Å². The number of amides is 1. The minimum absolute atomic E-state index is 0.178. The van der Waals surface area contributed by atoms with Gasteiger partial charge in [-0.05, 0) is 42.7 Å². The molecule has 6 heteroatoms. The van der Waals surface area contributed by atoms with Crippen LogP contribution in [0.15, 0.2) is 29.1 Å². The number of hydrogen-bond donors (Lipinski definition) is 2. The molecular weight excluding hydrogens is 270 g/mol. The van der Waals surface area contributed by atoms with E-state index in [4.69, 9.17) is 4.74 Å². The summed E-state index contributed by atoms with van der Waals surface area (Å²) in [7, 11) is 1.63. The molecule has 1 aromatic heterocycles. The van der Waals surface area contributed by atoms with Crippen molar-refractivity contribution < 1.29 is 9.53 Å². The molecule has 0 saturated carbocycles. The van der Waals surface area contributed by atoms with Crippen molar-refractivity contribution in [1.29, 1.82) is 0 Å². The molecule has 6 nitrogen and oxygen atoms in total. The van der Waals surface area contributed by atoms with E-state index >= 15 is 0 Å². The number of H-pyrrole nitrogens is 1. The van der Waals surface area contributed by atoms with Gasteiger partial charge in [0.05, 0.1) is 7.11 Å². The van der Waals surface area contributed by atoms with Crippen LogP contribution in [0.5, 0.6) is 5.75 Å². The first kappa shape index (κ1) is 14.8. The van der Waals surface area contributed by atoms with Gasteiger partial charge in [0.15, 0.2) is 0 Å². The number of nitrogens with zero attached hydrogens (tertiary/aromatic N) is 1. The summed E-state index contributed by atoms with van der Waals surface area (Å²) in [5, 5.41) is 8.70. The molecule has 21 heavy (non-hydrogen) atoms. The van der Waals surface area contributed by atoms with Crippen LogP contribution < -0.4 is 15.6 Å². The van der Waals surface area contributed by atoms with E-state index in [9.17, 15) is 9.59 Å². The smallest absolute Gasteiger partial charge is 0.271 e. The fourth-order valence-electron chi connectivity index (χ4n) is 2.00. The molecule has 0 spiro atoms. The Labute approximate surface area is 122 Å². The first-order valence-corrected chi connectivity index (χ1v) is 6.49. The Morgan fingerprint density at radius 1 is 1.29 bits per heavy atom. The third kappa shape index (κ3) is 3.47. The van der Waals surface area contributed by atoms with Crippen LogP contribution >= 0.6 is 0 Å². The molecule has 1 amide bonds. The second-order valence-corrected chi connectivity index (χ2v) is 4.74. The molecule has 0 bridgehead atoms. The highest BCUT2D eigenvalue weighted by Gasteiger charge is 2.09. The van der Waals surface area contributed by atoms with Crippen molar-refractivity contribution in [3.8, 4) is 5.75 Å². The van der Waals surface area contributed by atoms with Crippen LogP contribution in [0.2, 0.25) is 0 Å². The number of carbonyl (C=O) groups is 1. The van der Waals surface area contributed by atoms with Gasteiger partial charge in [0.2, 0.25) is 0 Å². The monoisotopic (exact) mass is 287 g/mol. The number of nitrogens with one attached hydrogen (secondary N) is 2. The van der Waals surface area contributed by atoms with E-state index in [0.717, 1.165) is 22.4 Å². The molecule has 0 aliphatic carbocycles. The predicted octanol–water partition coefficient (Wildman–Crippen LogP) is 1.33. The van der Waals surface area contributed by atoms with Crippen molar-refractivity contribution in [2.24, 2.45) is 0 Å². The van der Waals surface area contributed by atoms with Crippen LogP contribution in [0.25, 0.3) is 0 Å². The average Bonchev–Trinajstić information content (AvgIpc) is 2.48. The number of ether oxygens (including phenoxy) is 1. The molecule has 0 radical (unpaired) electrons. The van der Waals surface area contributed by atoms with Crippen molar-refractivity contribution in [3.63, 3.8) is 0 Å². The van der Waals surface area contributed by atoms with Gasteiger partial charge in [0, 0.05) is 12.6 Å². The van der Waals surface area contributed by atoms with Crippen LogP contribution in [-0.2, 0) is 6.54 Å². The molecular formula is C15H17N3O3. The molecule has 1 aromatic carbocycles. The zero-order valence-electron chi connectivity index (χ0n) is 12.2. The molecule has 1 heterocycles. The number of aromatic amines is 1. The number of benzene rings is 1. The molecule has 2 rings (SSSR count). The van der Waals surface area contributed by atoms with Crippen LogP contribution in [0, 0.1) is 13.8 Å². The molecule has 0 aliphatic heterocycles. The number of methoxy groups -OCH3 is 1. The van der Waals surface area contributed by atoms with E-state index in [1.807, 2.05) is 26.0 Å². The number of aromatic nitrogens is 2. The average molecular weight is 287 g/mol. The van der Waals surface area contributed by atoms with Gasteiger partial charge in [-0.3, -0.25) is 9.59 Å². The largest absolute Gasteiger partial charge is 0.496 e. The normalized spacial score (nSPS) is 10.2. The highest BCUT2D eigenvalue weighted by Crippen LogP contribution is 2.22. The lowest BCUT2D eigenvalue weighted by Crippen LogP contribution is -2.25. The zero-order valence-corrected chi connectivity index (χ0v) is 12.2. The van der Waals surface area contributed by atoms with Gasteiger partial charge in [-0.1, -0.05) is 6.07 Å². The third-order valence-electron chi connectivity index (χ3n) is 3.20. The molecule has 110 valence electrons. The minimum Gasteiger partial charge on any atom is -0.496 e. The second-order valence-electron chi connectivity index (χ2n) is 4.74. The number of hydrogen-bond acceptors (Lipinski definition) is 4. The first-order chi connectivity index (χ1) is 10.0. The summed E-state index contributed by atoms with van der Waals surface area (Å²) >= 11 is 0. The lowest BCUT2D eigenvalue weighted by molar-refractivity contribution is 0.0944. The second kappa shape index (κ2) is 6.21. The van der Waals surface area contributed by atoms with Gasteiger partial charge in [-0.25, -0.2) is 5.10 Å². The quantitative estimate of drug-likeness (QED) is 0.888. The SMILES string of the molecule is COc1cc(C)c(CNC(=O)c2ccc(=O)[nH]n2)cc1C. The fourth-order valence-corrected chi connectivity index (χ4v) is 2.00. The van der Waals surface area contributed by atoms with Gasteiger partial charge < -0.3 is 10.1 Å². The zero-order chi connectivity index (χ0) is 15.4. The Kier molecular flexibility index (Phi) is 4.37. The maximum Gasteiger partial charge on any atom is 0.271 e. The van der Waals surface area contributed by atoms with Gasteiger partial charge in [-0.15, -0.1) is 0 Å². The molecule has 2 N–H and O–H groups in total. The number of carbonyl (C=O) groups excluding carboxylic acids is 1. The lowest BCUT2D eigenvalue weighted by Gasteiger charge is -2.12. The van der Waals surface area contributed by atoms with Crippen LogP contribution in [-0.4, -0.2) is 23.2 Å². The molecule has 0 atom stereocenters. The van der Waals surface area contributed by atoms with Crippen LogP contribution in [0.1, 0.15) is 27.2 Å². The Morgan fingerprint density at radius 2 is 2.05 bits per heavy atom. The van der Waals surface area contributed by atoms with E-state index in [1.54, 1.807) is 7.11 Å². The summed E-state index contributed by atoms with van der Waals surface area (Å²) in [6.07, 6.45) is 0.